The molecular weight excluding hydrogens is 394 g/mol. The van der Waals surface area contributed by atoms with Crippen molar-refractivity contribution in [3.8, 4) is 11.5 Å². The fourth-order valence-corrected chi connectivity index (χ4v) is 3.07. The summed E-state index contributed by atoms with van der Waals surface area (Å²) in [6.45, 7) is 5.79. The van der Waals surface area contributed by atoms with Crippen molar-refractivity contribution in [1.29, 1.82) is 0 Å². The average Bonchev–Trinajstić information content (AvgIpc) is 3.26. The molecule has 0 aliphatic heterocycles. The van der Waals surface area contributed by atoms with Crippen molar-refractivity contribution in [3.05, 3.63) is 72.8 Å². The molecule has 0 amide bonds. The van der Waals surface area contributed by atoms with Gasteiger partial charge in [0.1, 0.15) is 11.2 Å². The fraction of sp³-hybridized carbons (Fsp3) is 0.182. The van der Waals surface area contributed by atoms with Crippen molar-refractivity contribution >= 4 is 22.7 Å². The maximum Gasteiger partial charge on any atom is 0.200 e. The number of fused-ring (bicyclic) bond motifs is 1. The quantitative estimate of drug-likeness (QED) is 0.344. The van der Waals surface area contributed by atoms with Crippen molar-refractivity contribution in [2.45, 2.75) is 13.0 Å². The minimum atomic E-state index is -0.878. The minimum absolute atomic E-state index is 0.170. The molecule has 0 fully saturated rings. The first-order valence-corrected chi connectivity index (χ1v) is 9.77. The molecular formula is C22H23N7O2. The Morgan fingerprint density at radius 3 is 2.87 bits per heavy atom. The number of aliphatic hydroxyl groups excluding tert-OH is 2. The van der Waals surface area contributed by atoms with Crippen molar-refractivity contribution in [2.75, 3.05) is 18.5 Å². The molecule has 0 aliphatic carbocycles. The Morgan fingerprint density at radius 2 is 2.06 bits per heavy atom. The number of hydrogen-bond donors (Lipinski definition) is 4. The van der Waals surface area contributed by atoms with E-state index < -0.39 is 6.10 Å². The molecule has 0 saturated carbocycles. The highest BCUT2D eigenvalue weighted by atomic mass is 16.3. The standard InChI is InChI=1S/C22H23N7O2/c1-14-5-3-6-19(25-14)21-27-22(20-7-4-10-29(20)28-21)26-18-8-9-23-12-17(18)15(2)24-11-16(31)13-30/h3-10,12,16,24,30-31H,2,11,13H2,1H3,(H,23,26,27,28). The van der Waals surface area contributed by atoms with Crippen LogP contribution in [0.5, 0.6) is 0 Å². The largest absolute Gasteiger partial charge is 0.394 e. The van der Waals surface area contributed by atoms with Crippen LogP contribution >= 0.6 is 0 Å². The lowest BCUT2D eigenvalue weighted by atomic mass is 10.1. The molecule has 4 aromatic rings. The van der Waals surface area contributed by atoms with E-state index in [9.17, 15) is 5.11 Å². The Morgan fingerprint density at radius 1 is 1.19 bits per heavy atom. The molecule has 0 aliphatic rings. The van der Waals surface area contributed by atoms with Gasteiger partial charge in [-0.2, -0.15) is 0 Å². The predicted octanol–water partition coefficient (Wildman–Crippen LogP) is 2.15. The lowest BCUT2D eigenvalue weighted by Crippen LogP contribution is -2.28. The number of rotatable bonds is 8. The van der Waals surface area contributed by atoms with Crippen LogP contribution in [0, 0.1) is 6.92 Å². The SMILES string of the molecule is C=C(NCC(O)CO)c1cnccc1Nc1nc(-c2cccc(C)n2)nn2cccc12. The van der Waals surface area contributed by atoms with E-state index in [0.717, 1.165) is 16.9 Å². The van der Waals surface area contributed by atoms with Crippen LogP contribution < -0.4 is 10.6 Å². The molecule has 1 unspecified atom stereocenters. The number of nitrogens with zero attached hydrogens (tertiary/aromatic N) is 5. The van der Waals surface area contributed by atoms with Crippen LogP contribution in [0.4, 0.5) is 11.5 Å². The number of hydrogen-bond acceptors (Lipinski definition) is 8. The van der Waals surface area contributed by atoms with E-state index in [-0.39, 0.29) is 13.2 Å². The van der Waals surface area contributed by atoms with Gasteiger partial charge >= 0.3 is 0 Å². The second-order valence-corrected chi connectivity index (χ2v) is 7.03. The Bertz CT molecular complexity index is 1220. The average molecular weight is 417 g/mol. The van der Waals surface area contributed by atoms with Gasteiger partial charge in [0.2, 0.25) is 5.82 Å². The summed E-state index contributed by atoms with van der Waals surface area (Å²) in [5.41, 5.74) is 4.37. The molecule has 4 rings (SSSR count). The summed E-state index contributed by atoms with van der Waals surface area (Å²) in [5, 5.41) is 29.6. The van der Waals surface area contributed by atoms with E-state index in [1.54, 1.807) is 16.9 Å². The molecule has 9 nitrogen and oxygen atoms in total. The fourth-order valence-electron chi connectivity index (χ4n) is 3.07. The second kappa shape index (κ2) is 8.90. The lowest BCUT2D eigenvalue weighted by Gasteiger charge is -2.17. The molecule has 1 atom stereocenters. The summed E-state index contributed by atoms with van der Waals surface area (Å²) in [5.74, 6) is 1.10. The molecule has 4 aromatic heterocycles. The van der Waals surface area contributed by atoms with E-state index in [4.69, 9.17) is 10.1 Å². The van der Waals surface area contributed by atoms with Gasteiger partial charge in [-0.15, -0.1) is 5.10 Å². The smallest absolute Gasteiger partial charge is 0.200 e. The number of aliphatic hydroxyl groups is 2. The lowest BCUT2D eigenvalue weighted by molar-refractivity contribution is 0.0978. The Hall–Kier alpha value is -3.82. The summed E-state index contributed by atoms with van der Waals surface area (Å²) >= 11 is 0. The Balaban J connectivity index is 1.69. The summed E-state index contributed by atoms with van der Waals surface area (Å²) in [6, 6.07) is 11.3. The zero-order valence-corrected chi connectivity index (χ0v) is 17.0. The number of pyridine rings is 2. The third-order valence-corrected chi connectivity index (χ3v) is 4.67. The summed E-state index contributed by atoms with van der Waals surface area (Å²) in [7, 11) is 0. The Labute approximate surface area is 179 Å². The first kappa shape index (κ1) is 20.5. The van der Waals surface area contributed by atoms with Gasteiger partial charge in [-0.3, -0.25) is 4.98 Å². The van der Waals surface area contributed by atoms with Crippen molar-refractivity contribution in [1.82, 2.24) is 29.9 Å². The van der Waals surface area contributed by atoms with Gasteiger partial charge in [0.25, 0.3) is 0 Å². The third kappa shape index (κ3) is 4.52. The van der Waals surface area contributed by atoms with Gasteiger partial charge in [0.05, 0.1) is 18.4 Å². The molecule has 0 spiro atoms. The van der Waals surface area contributed by atoms with Crippen molar-refractivity contribution < 1.29 is 10.2 Å². The second-order valence-electron chi connectivity index (χ2n) is 7.03. The monoisotopic (exact) mass is 417 g/mol. The zero-order valence-electron chi connectivity index (χ0n) is 17.0. The summed E-state index contributed by atoms with van der Waals surface area (Å²) in [6.07, 6.45) is 4.31. The first-order valence-electron chi connectivity index (χ1n) is 9.77. The molecule has 158 valence electrons. The topological polar surface area (TPSA) is 120 Å². The molecule has 0 aromatic carbocycles. The van der Waals surface area contributed by atoms with Crippen LogP contribution in [-0.2, 0) is 0 Å². The summed E-state index contributed by atoms with van der Waals surface area (Å²) < 4.78 is 1.75. The maximum atomic E-state index is 9.60. The van der Waals surface area contributed by atoms with E-state index in [0.29, 0.717) is 28.6 Å². The number of anilines is 2. The van der Waals surface area contributed by atoms with Crippen LogP contribution in [0.3, 0.4) is 0 Å². The van der Waals surface area contributed by atoms with Crippen molar-refractivity contribution in [2.24, 2.45) is 0 Å². The highest BCUT2D eigenvalue weighted by Gasteiger charge is 2.14. The molecule has 9 heteroatoms. The molecule has 4 N–H and O–H groups in total. The Kier molecular flexibility index (Phi) is 5.87. The first-order chi connectivity index (χ1) is 15.0. The van der Waals surface area contributed by atoms with E-state index in [1.807, 2.05) is 49.5 Å². The predicted molar refractivity (Wildman–Crippen MR) is 119 cm³/mol. The van der Waals surface area contributed by atoms with Crippen LogP contribution in [0.1, 0.15) is 11.3 Å². The van der Waals surface area contributed by atoms with Gasteiger partial charge in [-0.05, 0) is 37.3 Å². The minimum Gasteiger partial charge on any atom is -0.394 e. The van der Waals surface area contributed by atoms with Gasteiger partial charge < -0.3 is 20.8 Å². The molecule has 0 bridgehead atoms. The number of aromatic nitrogens is 5. The van der Waals surface area contributed by atoms with Crippen LogP contribution in [0.15, 0.2) is 61.6 Å². The van der Waals surface area contributed by atoms with E-state index in [2.05, 4.69) is 32.3 Å². The molecule has 0 radical (unpaired) electrons. The number of nitrogens with one attached hydrogen (secondary N) is 2. The maximum absolute atomic E-state index is 9.60. The highest BCUT2D eigenvalue weighted by Crippen LogP contribution is 2.27. The zero-order chi connectivity index (χ0) is 21.8. The van der Waals surface area contributed by atoms with Gasteiger partial charge in [0.15, 0.2) is 5.82 Å². The van der Waals surface area contributed by atoms with E-state index in [1.165, 1.54) is 0 Å². The molecule has 31 heavy (non-hydrogen) atoms. The van der Waals surface area contributed by atoms with Gasteiger partial charge in [0, 0.05) is 42.1 Å². The van der Waals surface area contributed by atoms with Crippen LogP contribution in [-0.4, -0.2) is 54.0 Å². The van der Waals surface area contributed by atoms with Gasteiger partial charge in [-0.25, -0.2) is 14.5 Å². The molecule has 4 heterocycles. The van der Waals surface area contributed by atoms with Crippen LogP contribution in [0.2, 0.25) is 0 Å². The third-order valence-electron chi connectivity index (χ3n) is 4.67. The highest BCUT2D eigenvalue weighted by molar-refractivity contribution is 5.81. The van der Waals surface area contributed by atoms with Crippen molar-refractivity contribution in [3.63, 3.8) is 0 Å². The summed E-state index contributed by atoms with van der Waals surface area (Å²) in [4.78, 5) is 13.4. The number of aryl methyl sites for hydroxylation is 1. The van der Waals surface area contributed by atoms with Crippen LogP contribution in [0.25, 0.3) is 22.7 Å². The normalized spacial score (nSPS) is 12.0. The van der Waals surface area contributed by atoms with Gasteiger partial charge in [-0.1, -0.05) is 12.6 Å². The molecule has 0 saturated heterocycles. The van der Waals surface area contributed by atoms with E-state index >= 15 is 0 Å².